The van der Waals surface area contributed by atoms with Crippen LogP contribution in [-0.4, -0.2) is 41.1 Å². The number of aromatic hydroxyl groups is 2. The number of methoxy groups -OCH3 is 1. The van der Waals surface area contributed by atoms with Gasteiger partial charge in [-0.25, -0.2) is 5.01 Å². The Hall–Kier alpha value is -4.98. The summed E-state index contributed by atoms with van der Waals surface area (Å²) in [6.45, 7) is 2.38. The summed E-state index contributed by atoms with van der Waals surface area (Å²) < 4.78 is 17.1. The lowest BCUT2D eigenvalue weighted by Crippen LogP contribution is -2.44. The standard InChI is InChI=1S/C30H24N2O6/c1-3-37-20-10-12-24-28(16-20)38-27-15-19(33)9-11-23(27)30(24)22-7-5-4-6-21(22)29(35)32(30)31-17-18-8-13-26(36-2)25(34)14-18/h4-17,33-34H,3H2,1-2H3/b31-17+. The van der Waals surface area contributed by atoms with Crippen molar-refractivity contribution in [1.82, 2.24) is 5.01 Å². The summed E-state index contributed by atoms with van der Waals surface area (Å²) in [5, 5.41) is 26.7. The van der Waals surface area contributed by atoms with Gasteiger partial charge >= 0.3 is 0 Å². The van der Waals surface area contributed by atoms with Gasteiger partial charge in [0.2, 0.25) is 0 Å². The van der Waals surface area contributed by atoms with Crippen LogP contribution >= 0.6 is 0 Å². The van der Waals surface area contributed by atoms with E-state index in [1.807, 2.05) is 37.3 Å². The predicted octanol–water partition coefficient (Wildman–Crippen LogP) is 5.39. The van der Waals surface area contributed by atoms with Crippen molar-refractivity contribution in [3.63, 3.8) is 0 Å². The average Bonchev–Trinajstić information content (AvgIpc) is 3.16. The minimum Gasteiger partial charge on any atom is -0.508 e. The van der Waals surface area contributed by atoms with Crippen LogP contribution in [0.3, 0.4) is 0 Å². The maximum absolute atomic E-state index is 13.9. The predicted molar refractivity (Wildman–Crippen MR) is 141 cm³/mol. The highest BCUT2D eigenvalue weighted by molar-refractivity contribution is 6.02. The number of amides is 1. The average molecular weight is 509 g/mol. The van der Waals surface area contributed by atoms with Crippen LogP contribution in [0.2, 0.25) is 0 Å². The second-order valence-corrected chi connectivity index (χ2v) is 8.92. The third kappa shape index (κ3) is 3.37. The molecule has 2 N–H and O–H groups in total. The zero-order chi connectivity index (χ0) is 26.4. The van der Waals surface area contributed by atoms with Crippen LogP contribution in [0.5, 0.6) is 34.5 Å². The van der Waals surface area contributed by atoms with Crippen LogP contribution in [0.4, 0.5) is 0 Å². The van der Waals surface area contributed by atoms with Gasteiger partial charge in [-0.1, -0.05) is 18.2 Å². The van der Waals surface area contributed by atoms with Crippen molar-refractivity contribution in [2.45, 2.75) is 12.5 Å². The summed E-state index contributed by atoms with van der Waals surface area (Å²) in [4.78, 5) is 13.9. The molecule has 6 rings (SSSR count). The van der Waals surface area contributed by atoms with Gasteiger partial charge < -0.3 is 24.4 Å². The summed E-state index contributed by atoms with van der Waals surface area (Å²) in [6.07, 6.45) is 1.52. The molecule has 1 unspecified atom stereocenters. The van der Waals surface area contributed by atoms with Gasteiger partial charge in [-0.2, -0.15) is 5.10 Å². The van der Waals surface area contributed by atoms with Gasteiger partial charge in [0.15, 0.2) is 11.5 Å². The van der Waals surface area contributed by atoms with Crippen molar-refractivity contribution >= 4 is 12.1 Å². The molecule has 1 spiro atoms. The smallest absolute Gasteiger partial charge is 0.275 e. The molecule has 0 radical (unpaired) electrons. The molecule has 1 amide bonds. The number of phenols is 2. The Morgan fingerprint density at radius 3 is 2.47 bits per heavy atom. The number of hydrogen-bond acceptors (Lipinski definition) is 7. The summed E-state index contributed by atoms with van der Waals surface area (Å²) in [5.41, 5.74) is 1.99. The Morgan fingerprint density at radius 1 is 0.947 bits per heavy atom. The van der Waals surface area contributed by atoms with Gasteiger partial charge in [-0.3, -0.25) is 4.79 Å². The minimum atomic E-state index is -1.18. The van der Waals surface area contributed by atoms with Crippen molar-refractivity contribution in [3.8, 4) is 34.5 Å². The normalized spacial score (nSPS) is 17.2. The molecule has 190 valence electrons. The summed E-state index contributed by atoms with van der Waals surface area (Å²) in [6, 6.07) is 22.6. The fraction of sp³-hybridized carbons (Fsp3) is 0.133. The van der Waals surface area contributed by atoms with Crippen LogP contribution in [0, 0.1) is 0 Å². The number of benzene rings is 4. The maximum Gasteiger partial charge on any atom is 0.275 e. The number of carbonyl (C=O) groups is 1. The van der Waals surface area contributed by atoms with Gasteiger partial charge in [-0.15, -0.1) is 0 Å². The topological polar surface area (TPSA) is 101 Å². The van der Waals surface area contributed by atoms with E-state index in [4.69, 9.17) is 19.3 Å². The molecule has 0 bridgehead atoms. The van der Waals surface area contributed by atoms with E-state index < -0.39 is 5.54 Å². The van der Waals surface area contributed by atoms with E-state index in [9.17, 15) is 15.0 Å². The van der Waals surface area contributed by atoms with Gasteiger partial charge in [0, 0.05) is 34.4 Å². The molecule has 1 atom stereocenters. The van der Waals surface area contributed by atoms with Crippen molar-refractivity contribution in [3.05, 3.63) is 107 Å². The summed E-state index contributed by atoms with van der Waals surface area (Å²) in [7, 11) is 1.47. The molecule has 0 saturated carbocycles. The zero-order valence-corrected chi connectivity index (χ0v) is 20.7. The molecule has 0 saturated heterocycles. The lowest BCUT2D eigenvalue weighted by molar-refractivity contribution is 0.0675. The van der Waals surface area contributed by atoms with E-state index >= 15 is 0 Å². The summed E-state index contributed by atoms with van der Waals surface area (Å²) in [5.74, 6) is 1.54. The first-order valence-electron chi connectivity index (χ1n) is 12.1. The third-order valence-corrected chi connectivity index (χ3v) is 6.81. The Kier molecular flexibility index (Phi) is 5.45. The largest absolute Gasteiger partial charge is 0.508 e. The second-order valence-electron chi connectivity index (χ2n) is 8.92. The third-order valence-electron chi connectivity index (χ3n) is 6.81. The van der Waals surface area contributed by atoms with Crippen LogP contribution in [0.1, 0.15) is 39.5 Å². The number of nitrogens with zero attached hydrogens (tertiary/aromatic N) is 2. The maximum atomic E-state index is 13.9. The SMILES string of the molecule is CCOc1ccc2c(c1)Oc1cc(O)ccc1C21c2ccccc2C(=O)N1/N=C/c1ccc(OC)c(O)c1. The molecule has 4 aromatic rings. The van der Waals surface area contributed by atoms with Crippen molar-refractivity contribution in [1.29, 1.82) is 0 Å². The first-order chi connectivity index (χ1) is 18.5. The van der Waals surface area contributed by atoms with Gasteiger partial charge in [-0.05, 0) is 61.0 Å². The molecule has 8 nitrogen and oxygen atoms in total. The highest BCUT2D eigenvalue weighted by Gasteiger charge is 2.57. The quantitative estimate of drug-likeness (QED) is 0.351. The lowest BCUT2D eigenvalue weighted by atomic mass is 9.75. The van der Waals surface area contributed by atoms with E-state index in [1.54, 1.807) is 36.4 Å². The molecular formula is C30H24N2O6. The molecule has 8 heteroatoms. The van der Waals surface area contributed by atoms with Crippen molar-refractivity contribution in [2.75, 3.05) is 13.7 Å². The lowest BCUT2D eigenvalue weighted by Gasteiger charge is -2.41. The Morgan fingerprint density at radius 2 is 1.71 bits per heavy atom. The molecule has 2 heterocycles. The van der Waals surface area contributed by atoms with Crippen molar-refractivity contribution < 1.29 is 29.2 Å². The first kappa shape index (κ1) is 23.4. The van der Waals surface area contributed by atoms with E-state index in [1.165, 1.54) is 30.5 Å². The number of phenolic OH excluding ortho intramolecular Hbond substituents is 2. The van der Waals surface area contributed by atoms with Crippen LogP contribution in [-0.2, 0) is 5.54 Å². The van der Waals surface area contributed by atoms with Crippen LogP contribution < -0.4 is 14.2 Å². The highest BCUT2D eigenvalue weighted by atomic mass is 16.5. The second kappa shape index (κ2) is 8.85. The molecule has 0 fully saturated rings. The number of fused-ring (bicyclic) bond motifs is 6. The monoisotopic (exact) mass is 508 g/mol. The first-order valence-corrected chi connectivity index (χ1v) is 12.1. The minimum absolute atomic E-state index is 0.0321. The molecule has 4 aromatic carbocycles. The molecule has 0 aliphatic carbocycles. The number of hydrazone groups is 1. The Balaban J connectivity index is 1.61. The van der Waals surface area contributed by atoms with E-state index in [-0.39, 0.29) is 17.4 Å². The fourth-order valence-electron chi connectivity index (χ4n) is 5.24. The molecular weight excluding hydrogens is 484 g/mol. The number of carbonyl (C=O) groups excluding carboxylic acids is 1. The fourth-order valence-corrected chi connectivity index (χ4v) is 5.24. The van der Waals surface area contributed by atoms with Crippen LogP contribution in [0.15, 0.2) is 84.0 Å². The summed E-state index contributed by atoms with van der Waals surface area (Å²) >= 11 is 0. The van der Waals surface area contributed by atoms with Gasteiger partial charge in [0.25, 0.3) is 5.91 Å². The molecule has 2 aliphatic heterocycles. The van der Waals surface area contributed by atoms with E-state index in [2.05, 4.69) is 0 Å². The Labute approximate surface area is 218 Å². The number of rotatable bonds is 5. The Bertz CT molecular complexity index is 1610. The molecule has 0 aromatic heterocycles. The van der Waals surface area contributed by atoms with Crippen molar-refractivity contribution in [2.24, 2.45) is 5.10 Å². The highest BCUT2D eigenvalue weighted by Crippen LogP contribution is 2.58. The van der Waals surface area contributed by atoms with E-state index in [0.717, 1.165) is 5.56 Å². The zero-order valence-electron chi connectivity index (χ0n) is 20.7. The molecule has 38 heavy (non-hydrogen) atoms. The van der Waals surface area contributed by atoms with E-state index in [0.29, 0.717) is 51.9 Å². The number of hydrogen-bond donors (Lipinski definition) is 2. The van der Waals surface area contributed by atoms with Crippen LogP contribution in [0.25, 0.3) is 0 Å². The van der Waals surface area contributed by atoms with Gasteiger partial charge in [0.05, 0.1) is 19.9 Å². The molecule has 2 aliphatic rings. The van der Waals surface area contributed by atoms with Gasteiger partial charge in [0.1, 0.15) is 28.5 Å². The number of ether oxygens (including phenoxy) is 3.